The zero-order chi connectivity index (χ0) is 20.2. The van der Waals surface area contributed by atoms with Crippen LogP contribution in [0.25, 0.3) is 0 Å². The Morgan fingerprint density at radius 2 is 1.72 bits per heavy atom. The number of amides is 1. The van der Waals surface area contributed by atoms with E-state index in [2.05, 4.69) is 4.90 Å². The zero-order valence-corrected chi connectivity index (χ0v) is 17.4. The molecule has 1 aliphatic rings. The van der Waals surface area contributed by atoms with E-state index < -0.39 is 10.8 Å². The number of furan rings is 1. The molecule has 0 unspecified atom stereocenters. The molecule has 1 atom stereocenters. The number of rotatable bonds is 5. The topological polar surface area (TPSA) is 53.8 Å². The summed E-state index contributed by atoms with van der Waals surface area (Å²) in [7, 11) is -1.20. The summed E-state index contributed by atoms with van der Waals surface area (Å²) in [6.07, 6.45) is 0. The van der Waals surface area contributed by atoms with Crippen LogP contribution >= 0.6 is 11.6 Å². The summed E-state index contributed by atoms with van der Waals surface area (Å²) in [6, 6.07) is 20.4. The number of carbonyl (C=O) groups excluding carboxylic acids is 1. The molecule has 7 heteroatoms. The van der Waals surface area contributed by atoms with E-state index in [1.165, 1.54) is 0 Å². The Bertz CT molecular complexity index is 1010. The minimum Gasteiger partial charge on any atom is -0.455 e. The van der Waals surface area contributed by atoms with Crippen molar-refractivity contribution in [1.29, 1.82) is 0 Å². The van der Waals surface area contributed by atoms with Crippen LogP contribution in [-0.2, 0) is 16.6 Å². The van der Waals surface area contributed by atoms with E-state index in [9.17, 15) is 9.00 Å². The molecule has 150 valence electrons. The number of hydrogen-bond donors (Lipinski definition) is 0. The maximum Gasteiger partial charge on any atom is 0.289 e. The van der Waals surface area contributed by atoms with Crippen LogP contribution in [-0.4, -0.2) is 41.2 Å². The van der Waals surface area contributed by atoms with Gasteiger partial charge in [-0.05, 0) is 42.5 Å². The fourth-order valence-electron chi connectivity index (χ4n) is 3.35. The number of carbonyl (C=O) groups is 1. The van der Waals surface area contributed by atoms with Crippen molar-refractivity contribution in [2.75, 3.05) is 31.1 Å². The Balaban J connectivity index is 1.35. The number of piperazine rings is 1. The summed E-state index contributed by atoms with van der Waals surface area (Å²) in [5.41, 5.74) is 1.06. The van der Waals surface area contributed by atoms with Crippen LogP contribution in [0, 0.1) is 0 Å². The lowest BCUT2D eigenvalue weighted by Crippen LogP contribution is -2.48. The van der Waals surface area contributed by atoms with Gasteiger partial charge in [-0.3, -0.25) is 9.00 Å². The van der Waals surface area contributed by atoms with Crippen molar-refractivity contribution in [2.24, 2.45) is 0 Å². The highest BCUT2D eigenvalue weighted by Gasteiger charge is 2.24. The van der Waals surface area contributed by atoms with Crippen molar-refractivity contribution in [3.8, 4) is 0 Å². The summed E-state index contributed by atoms with van der Waals surface area (Å²) < 4.78 is 18.1. The van der Waals surface area contributed by atoms with E-state index in [0.29, 0.717) is 29.6 Å². The maximum absolute atomic E-state index is 12.8. The van der Waals surface area contributed by atoms with Crippen molar-refractivity contribution in [1.82, 2.24) is 4.90 Å². The molecule has 0 aliphatic carbocycles. The van der Waals surface area contributed by atoms with Crippen LogP contribution in [0.3, 0.4) is 0 Å². The van der Waals surface area contributed by atoms with Gasteiger partial charge in [-0.1, -0.05) is 35.9 Å². The Kier molecular flexibility index (Phi) is 6.02. The fourth-order valence-corrected chi connectivity index (χ4v) is 4.58. The fraction of sp³-hybridized carbons (Fsp3) is 0.227. The first-order valence-electron chi connectivity index (χ1n) is 9.42. The number of hydrogen-bond acceptors (Lipinski definition) is 4. The molecule has 1 amide bonds. The summed E-state index contributed by atoms with van der Waals surface area (Å²) in [5.74, 6) is 0.960. The highest BCUT2D eigenvalue weighted by atomic mass is 35.5. The molecule has 2 aromatic carbocycles. The van der Waals surface area contributed by atoms with Gasteiger partial charge in [-0.2, -0.15) is 0 Å². The molecule has 0 saturated carbocycles. The summed E-state index contributed by atoms with van der Waals surface area (Å²) in [6.45, 7) is 2.68. The lowest BCUT2D eigenvalue weighted by atomic mass is 10.2. The Morgan fingerprint density at radius 1 is 0.966 bits per heavy atom. The van der Waals surface area contributed by atoms with Crippen molar-refractivity contribution in [3.63, 3.8) is 0 Å². The maximum atomic E-state index is 12.8. The van der Waals surface area contributed by atoms with E-state index in [-0.39, 0.29) is 11.7 Å². The first-order chi connectivity index (χ1) is 14.1. The summed E-state index contributed by atoms with van der Waals surface area (Å²) >= 11 is 6.08. The van der Waals surface area contributed by atoms with Gasteiger partial charge in [-0.25, -0.2) is 0 Å². The summed E-state index contributed by atoms with van der Waals surface area (Å²) in [5, 5.41) is 0.706. The lowest BCUT2D eigenvalue weighted by Gasteiger charge is -2.35. The third-order valence-electron chi connectivity index (χ3n) is 4.89. The van der Waals surface area contributed by atoms with Crippen molar-refractivity contribution in [2.45, 2.75) is 10.6 Å². The molecule has 2 heterocycles. The second kappa shape index (κ2) is 8.84. The number of benzene rings is 2. The van der Waals surface area contributed by atoms with Crippen molar-refractivity contribution >= 4 is 34.0 Å². The van der Waals surface area contributed by atoms with E-state index in [1.807, 2.05) is 54.6 Å². The van der Waals surface area contributed by atoms with Crippen LogP contribution in [0.4, 0.5) is 5.69 Å². The smallest absolute Gasteiger partial charge is 0.289 e. The van der Waals surface area contributed by atoms with Gasteiger partial charge < -0.3 is 14.2 Å². The molecule has 3 aromatic rings. The van der Waals surface area contributed by atoms with E-state index in [4.69, 9.17) is 16.0 Å². The van der Waals surface area contributed by atoms with Gasteiger partial charge in [0.1, 0.15) is 5.76 Å². The number of anilines is 1. The van der Waals surface area contributed by atoms with Gasteiger partial charge in [-0.15, -0.1) is 0 Å². The standard InChI is InChI=1S/C22H21ClN2O3S/c23-17-5-4-6-18(15-17)24-11-13-25(14-12-24)22(26)21-10-9-19(28-21)16-29(27)20-7-2-1-3-8-20/h1-10,15H,11-14,16H2/t29-/m0/s1. The molecule has 0 bridgehead atoms. The molecule has 1 fully saturated rings. The van der Waals surface area contributed by atoms with E-state index in [1.54, 1.807) is 17.0 Å². The van der Waals surface area contributed by atoms with Crippen LogP contribution in [0.15, 0.2) is 76.0 Å². The third-order valence-corrected chi connectivity index (χ3v) is 6.47. The minimum absolute atomic E-state index is 0.132. The second-order valence-electron chi connectivity index (χ2n) is 6.83. The van der Waals surface area contributed by atoms with Crippen molar-refractivity contribution in [3.05, 3.63) is 83.3 Å². The normalized spacial score (nSPS) is 15.3. The molecule has 4 rings (SSSR count). The highest BCUT2D eigenvalue weighted by Crippen LogP contribution is 2.22. The molecule has 0 radical (unpaired) electrons. The molecule has 0 spiro atoms. The summed E-state index contributed by atoms with van der Waals surface area (Å²) in [4.78, 5) is 17.5. The quantitative estimate of drug-likeness (QED) is 0.611. The van der Waals surface area contributed by atoms with Crippen LogP contribution in [0.5, 0.6) is 0 Å². The van der Waals surface area contributed by atoms with Crippen LogP contribution < -0.4 is 4.90 Å². The van der Waals surface area contributed by atoms with Crippen LogP contribution in [0.1, 0.15) is 16.3 Å². The Morgan fingerprint density at radius 3 is 2.45 bits per heavy atom. The Hall–Kier alpha value is -2.57. The molecule has 1 aromatic heterocycles. The first kappa shape index (κ1) is 19.7. The second-order valence-corrected chi connectivity index (χ2v) is 8.72. The molecule has 1 aliphatic heterocycles. The largest absolute Gasteiger partial charge is 0.455 e. The van der Waals surface area contributed by atoms with E-state index >= 15 is 0 Å². The van der Waals surface area contributed by atoms with Crippen molar-refractivity contribution < 1.29 is 13.4 Å². The molecule has 5 nitrogen and oxygen atoms in total. The van der Waals surface area contributed by atoms with Gasteiger partial charge in [0, 0.05) is 41.8 Å². The molecule has 0 N–H and O–H groups in total. The third kappa shape index (κ3) is 4.71. The van der Waals surface area contributed by atoms with Gasteiger partial charge in [0.15, 0.2) is 5.76 Å². The lowest BCUT2D eigenvalue weighted by molar-refractivity contribution is 0.0713. The predicted molar refractivity (Wildman–Crippen MR) is 115 cm³/mol. The number of halogens is 1. The van der Waals surface area contributed by atoms with E-state index in [0.717, 1.165) is 23.7 Å². The average molecular weight is 429 g/mol. The minimum atomic E-state index is -1.20. The highest BCUT2D eigenvalue weighted by molar-refractivity contribution is 7.84. The SMILES string of the molecule is O=C(c1ccc(C[S@](=O)c2ccccc2)o1)N1CCN(c2cccc(Cl)c2)CC1. The van der Waals surface area contributed by atoms with Gasteiger partial charge in [0.05, 0.1) is 16.6 Å². The van der Waals surface area contributed by atoms with Crippen LogP contribution in [0.2, 0.25) is 5.02 Å². The number of nitrogens with zero attached hydrogens (tertiary/aromatic N) is 2. The average Bonchev–Trinajstić information content (AvgIpc) is 3.22. The zero-order valence-electron chi connectivity index (χ0n) is 15.8. The van der Waals surface area contributed by atoms with Gasteiger partial charge in [0.2, 0.25) is 0 Å². The molecule has 1 saturated heterocycles. The molecular weight excluding hydrogens is 408 g/mol. The monoisotopic (exact) mass is 428 g/mol. The van der Waals surface area contributed by atoms with Gasteiger partial charge in [0.25, 0.3) is 5.91 Å². The Labute approximate surface area is 177 Å². The molecule has 29 heavy (non-hydrogen) atoms. The molecular formula is C22H21ClN2O3S. The van der Waals surface area contributed by atoms with Gasteiger partial charge >= 0.3 is 0 Å². The first-order valence-corrected chi connectivity index (χ1v) is 11.1. The predicted octanol–water partition coefficient (Wildman–Crippen LogP) is 4.20.